The second-order valence-electron chi connectivity index (χ2n) is 5.22. The van der Waals surface area contributed by atoms with Crippen LogP contribution in [0.5, 0.6) is 5.88 Å². The second kappa shape index (κ2) is 5.75. The highest BCUT2D eigenvalue weighted by Gasteiger charge is 2.16. The van der Waals surface area contributed by atoms with Crippen molar-refractivity contribution in [3.05, 3.63) is 28.9 Å². The zero-order valence-corrected chi connectivity index (χ0v) is 13.1. The van der Waals surface area contributed by atoms with Crippen LogP contribution in [0.3, 0.4) is 0 Å². The number of halogens is 1. The van der Waals surface area contributed by atoms with Gasteiger partial charge in [-0.3, -0.25) is 0 Å². The summed E-state index contributed by atoms with van der Waals surface area (Å²) in [6.07, 6.45) is 1.49. The monoisotopic (exact) mass is 338 g/mol. The van der Waals surface area contributed by atoms with E-state index in [1.807, 2.05) is 18.2 Å². The van der Waals surface area contributed by atoms with Gasteiger partial charge in [0, 0.05) is 4.47 Å². The molecule has 0 atom stereocenters. The SMILES string of the molecule is CC(C)(C)OC(=O)COc1cnc2ccc(Br)cc2n1. The number of carbonyl (C=O) groups is 1. The first-order valence-corrected chi connectivity index (χ1v) is 6.90. The summed E-state index contributed by atoms with van der Waals surface area (Å²) < 4.78 is 11.4. The van der Waals surface area contributed by atoms with Crippen molar-refractivity contribution in [1.29, 1.82) is 0 Å². The lowest BCUT2D eigenvalue weighted by Crippen LogP contribution is -2.27. The van der Waals surface area contributed by atoms with Crippen LogP contribution in [0.25, 0.3) is 11.0 Å². The molecular weight excluding hydrogens is 324 g/mol. The molecule has 1 aromatic carbocycles. The molecule has 0 saturated heterocycles. The summed E-state index contributed by atoms with van der Waals surface area (Å²) in [5.41, 5.74) is 0.930. The molecule has 1 aromatic heterocycles. The fourth-order valence-corrected chi connectivity index (χ4v) is 1.89. The lowest BCUT2D eigenvalue weighted by molar-refractivity contribution is -0.157. The van der Waals surface area contributed by atoms with Crippen molar-refractivity contribution in [3.8, 4) is 5.88 Å². The third-order valence-electron chi connectivity index (χ3n) is 2.24. The molecule has 1 heterocycles. The lowest BCUT2D eigenvalue weighted by atomic mass is 10.2. The number of nitrogens with zero attached hydrogens (tertiary/aromatic N) is 2. The highest BCUT2D eigenvalue weighted by atomic mass is 79.9. The van der Waals surface area contributed by atoms with Gasteiger partial charge in [-0.15, -0.1) is 0 Å². The molecule has 0 saturated carbocycles. The molecule has 6 heteroatoms. The number of hydrogen-bond acceptors (Lipinski definition) is 5. The van der Waals surface area contributed by atoms with Gasteiger partial charge in [-0.1, -0.05) is 15.9 Å². The van der Waals surface area contributed by atoms with Gasteiger partial charge in [-0.05, 0) is 39.0 Å². The number of esters is 1. The van der Waals surface area contributed by atoms with Crippen molar-refractivity contribution in [1.82, 2.24) is 9.97 Å². The Morgan fingerprint density at radius 2 is 2.05 bits per heavy atom. The molecule has 5 nitrogen and oxygen atoms in total. The summed E-state index contributed by atoms with van der Waals surface area (Å²) in [6.45, 7) is 5.22. The van der Waals surface area contributed by atoms with Crippen LogP contribution in [-0.4, -0.2) is 28.1 Å². The van der Waals surface area contributed by atoms with E-state index in [0.29, 0.717) is 11.4 Å². The summed E-state index contributed by atoms with van der Waals surface area (Å²) in [4.78, 5) is 20.0. The van der Waals surface area contributed by atoms with Gasteiger partial charge in [-0.25, -0.2) is 14.8 Å². The first-order valence-electron chi connectivity index (χ1n) is 6.10. The van der Waals surface area contributed by atoms with E-state index >= 15 is 0 Å². The van der Waals surface area contributed by atoms with E-state index in [2.05, 4.69) is 25.9 Å². The summed E-state index contributed by atoms with van der Waals surface area (Å²) >= 11 is 3.37. The Morgan fingerprint density at radius 3 is 2.75 bits per heavy atom. The first-order chi connectivity index (χ1) is 9.33. The Balaban J connectivity index is 2.05. The minimum absolute atomic E-state index is 0.189. The Hall–Kier alpha value is -1.69. The predicted octanol–water partition coefficient (Wildman–Crippen LogP) is 3.11. The van der Waals surface area contributed by atoms with Crippen LogP contribution in [0.1, 0.15) is 20.8 Å². The topological polar surface area (TPSA) is 61.3 Å². The first kappa shape index (κ1) is 14.7. The molecule has 2 aromatic rings. The Labute approximate surface area is 125 Å². The molecule has 0 aliphatic rings. The molecule has 0 spiro atoms. The largest absolute Gasteiger partial charge is 0.465 e. The minimum Gasteiger partial charge on any atom is -0.465 e. The van der Waals surface area contributed by atoms with E-state index in [1.54, 1.807) is 20.8 Å². The second-order valence-corrected chi connectivity index (χ2v) is 6.13. The number of hydrogen-bond donors (Lipinski definition) is 0. The molecule has 0 fully saturated rings. The highest BCUT2D eigenvalue weighted by molar-refractivity contribution is 9.10. The number of rotatable bonds is 3. The van der Waals surface area contributed by atoms with Gasteiger partial charge in [-0.2, -0.15) is 0 Å². The fourth-order valence-electron chi connectivity index (χ4n) is 1.54. The van der Waals surface area contributed by atoms with Crippen molar-refractivity contribution < 1.29 is 14.3 Å². The molecule has 106 valence electrons. The number of fused-ring (bicyclic) bond motifs is 1. The molecule has 20 heavy (non-hydrogen) atoms. The average molecular weight is 339 g/mol. The van der Waals surface area contributed by atoms with Crippen LogP contribution >= 0.6 is 15.9 Å². The minimum atomic E-state index is -0.527. The van der Waals surface area contributed by atoms with E-state index in [0.717, 1.165) is 9.99 Å². The van der Waals surface area contributed by atoms with Gasteiger partial charge in [0.25, 0.3) is 0 Å². The van der Waals surface area contributed by atoms with Crippen LogP contribution in [0.2, 0.25) is 0 Å². The van der Waals surface area contributed by atoms with Crippen molar-refractivity contribution in [2.24, 2.45) is 0 Å². The number of ether oxygens (including phenoxy) is 2. The van der Waals surface area contributed by atoms with Gasteiger partial charge in [0.1, 0.15) is 5.60 Å². The van der Waals surface area contributed by atoms with Crippen molar-refractivity contribution in [2.45, 2.75) is 26.4 Å². The molecule has 0 aliphatic heterocycles. The van der Waals surface area contributed by atoms with Crippen molar-refractivity contribution in [2.75, 3.05) is 6.61 Å². The molecule has 0 bridgehead atoms. The maximum atomic E-state index is 11.5. The number of benzene rings is 1. The van der Waals surface area contributed by atoms with Gasteiger partial charge in [0.05, 0.1) is 17.2 Å². The van der Waals surface area contributed by atoms with Gasteiger partial charge < -0.3 is 9.47 Å². The van der Waals surface area contributed by atoms with E-state index in [-0.39, 0.29) is 6.61 Å². The summed E-state index contributed by atoms with van der Waals surface area (Å²) in [5.74, 6) is -0.143. The molecule has 0 amide bonds. The summed E-state index contributed by atoms with van der Waals surface area (Å²) in [5, 5.41) is 0. The zero-order chi connectivity index (χ0) is 14.8. The normalized spacial score (nSPS) is 11.4. The lowest BCUT2D eigenvalue weighted by Gasteiger charge is -2.19. The molecular formula is C14H15BrN2O3. The molecule has 0 aliphatic carbocycles. The van der Waals surface area contributed by atoms with Crippen LogP contribution in [-0.2, 0) is 9.53 Å². The summed E-state index contributed by atoms with van der Waals surface area (Å²) in [6, 6.07) is 5.57. The third-order valence-corrected chi connectivity index (χ3v) is 2.73. The molecule has 0 radical (unpaired) electrons. The van der Waals surface area contributed by atoms with Crippen LogP contribution in [0, 0.1) is 0 Å². The van der Waals surface area contributed by atoms with Crippen molar-refractivity contribution >= 4 is 32.9 Å². The van der Waals surface area contributed by atoms with Gasteiger partial charge >= 0.3 is 5.97 Å². The fraction of sp³-hybridized carbons (Fsp3) is 0.357. The standard InChI is InChI=1S/C14H15BrN2O3/c1-14(2,3)20-13(18)8-19-12-7-16-10-5-4-9(15)6-11(10)17-12/h4-7H,8H2,1-3H3. The Bertz CT molecular complexity index is 638. The van der Waals surface area contributed by atoms with E-state index < -0.39 is 11.6 Å². The molecule has 0 N–H and O–H groups in total. The molecule has 0 unspecified atom stereocenters. The maximum Gasteiger partial charge on any atom is 0.344 e. The van der Waals surface area contributed by atoms with Gasteiger partial charge in [0.15, 0.2) is 6.61 Å². The molecule has 2 rings (SSSR count). The summed E-state index contributed by atoms with van der Waals surface area (Å²) in [7, 11) is 0. The maximum absolute atomic E-state index is 11.5. The van der Waals surface area contributed by atoms with Crippen LogP contribution in [0.4, 0.5) is 0 Å². The zero-order valence-electron chi connectivity index (χ0n) is 11.5. The Morgan fingerprint density at radius 1 is 1.30 bits per heavy atom. The average Bonchev–Trinajstić information content (AvgIpc) is 2.33. The van der Waals surface area contributed by atoms with Crippen molar-refractivity contribution in [3.63, 3.8) is 0 Å². The smallest absolute Gasteiger partial charge is 0.344 e. The number of carbonyl (C=O) groups excluding carboxylic acids is 1. The van der Waals surface area contributed by atoms with Crippen LogP contribution < -0.4 is 4.74 Å². The highest BCUT2D eigenvalue weighted by Crippen LogP contribution is 2.18. The van der Waals surface area contributed by atoms with E-state index in [4.69, 9.17) is 9.47 Å². The Kier molecular flexibility index (Phi) is 4.23. The predicted molar refractivity (Wildman–Crippen MR) is 78.6 cm³/mol. The van der Waals surface area contributed by atoms with E-state index in [9.17, 15) is 4.79 Å². The third kappa shape index (κ3) is 4.16. The van der Waals surface area contributed by atoms with E-state index in [1.165, 1.54) is 6.20 Å². The van der Waals surface area contributed by atoms with Gasteiger partial charge in [0.2, 0.25) is 5.88 Å². The quantitative estimate of drug-likeness (QED) is 0.804. The van der Waals surface area contributed by atoms with Crippen LogP contribution in [0.15, 0.2) is 28.9 Å². The number of aromatic nitrogens is 2.